The highest BCUT2D eigenvalue weighted by molar-refractivity contribution is 7.83. The maximum absolute atomic E-state index is 10.4. The highest BCUT2D eigenvalue weighted by Gasteiger charge is 2.50. The predicted molar refractivity (Wildman–Crippen MR) is 108 cm³/mol. The second kappa shape index (κ2) is 7.20. The van der Waals surface area contributed by atoms with Gasteiger partial charge in [0.15, 0.2) is 0 Å². The third kappa shape index (κ3) is 4.34. The molecule has 0 aromatic heterocycles. The van der Waals surface area contributed by atoms with Gasteiger partial charge < -0.3 is 14.9 Å². The highest BCUT2D eigenvalue weighted by Crippen LogP contribution is 2.56. The van der Waals surface area contributed by atoms with E-state index >= 15 is 0 Å². The maximum atomic E-state index is 10.4. The molecular formula is C16H35BO3P2. The van der Waals surface area contributed by atoms with E-state index in [1.807, 2.05) is 7.85 Å². The minimum absolute atomic E-state index is 0.0366. The van der Waals surface area contributed by atoms with Crippen LogP contribution in [0.15, 0.2) is 0 Å². The maximum Gasteiger partial charge on any atom is 0.109 e. The van der Waals surface area contributed by atoms with Crippen molar-refractivity contribution in [1.82, 2.24) is 0 Å². The molecule has 0 radical (unpaired) electrons. The number of aliphatic hydroxyl groups excluding tert-OH is 1. The third-order valence-electron chi connectivity index (χ3n) is 5.70. The fourth-order valence-electron chi connectivity index (χ4n) is 3.00. The van der Waals surface area contributed by atoms with Crippen molar-refractivity contribution in [3.63, 3.8) is 0 Å². The van der Waals surface area contributed by atoms with Gasteiger partial charge >= 0.3 is 0 Å². The summed E-state index contributed by atoms with van der Waals surface area (Å²) in [5, 5.41) is 20.4. The van der Waals surface area contributed by atoms with E-state index in [0.29, 0.717) is 6.42 Å². The van der Waals surface area contributed by atoms with Crippen molar-refractivity contribution in [3.8, 4) is 0 Å². The van der Waals surface area contributed by atoms with Gasteiger partial charge in [-0.1, -0.05) is 21.4 Å². The van der Waals surface area contributed by atoms with Gasteiger partial charge in [0, 0.05) is 0 Å². The van der Waals surface area contributed by atoms with Gasteiger partial charge in [-0.2, -0.15) is 0 Å². The summed E-state index contributed by atoms with van der Waals surface area (Å²) in [6.07, 6.45) is 10.8. The Morgan fingerprint density at radius 2 is 1.91 bits per heavy atom. The summed E-state index contributed by atoms with van der Waals surface area (Å²) in [6, 6.07) is 0. The fourth-order valence-corrected chi connectivity index (χ4v) is 10.3. The average Bonchev–Trinajstić information content (AvgIpc) is 2.61. The zero-order chi connectivity index (χ0) is 17.3. The van der Waals surface area contributed by atoms with Crippen LogP contribution in [0.1, 0.15) is 41.0 Å². The smallest absolute Gasteiger partial charge is 0.109 e. The van der Waals surface area contributed by atoms with Crippen molar-refractivity contribution < 1.29 is 14.9 Å². The van der Waals surface area contributed by atoms with E-state index in [2.05, 4.69) is 40.3 Å². The molecule has 22 heavy (non-hydrogen) atoms. The number of aliphatic hydroxyl groups is 2. The fraction of sp³-hybridized carbons (Fsp3) is 0.875. The minimum Gasteiger partial charge on any atom is -0.388 e. The Hall–Kier alpha value is 0.545. The van der Waals surface area contributed by atoms with Gasteiger partial charge in [0.1, 0.15) is 14.0 Å². The summed E-state index contributed by atoms with van der Waals surface area (Å²) in [7, 11) is 0.979. The molecule has 0 heterocycles. The minimum atomic E-state index is -1.14. The molecule has 1 rings (SSSR count). The van der Waals surface area contributed by atoms with Crippen LogP contribution in [0.25, 0.3) is 0 Å². The van der Waals surface area contributed by atoms with Crippen LogP contribution in [0.3, 0.4) is 0 Å². The lowest BCUT2D eigenvalue weighted by atomic mass is 9.76. The van der Waals surface area contributed by atoms with Crippen molar-refractivity contribution in [2.45, 2.75) is 70.0 Å². The number of hydrogen-bond donors (Lipinski definition) is 2. The number of hydrogen-bond acceptors (Lipinski definition) is 3. The van der Waals surface area contributed by atoms with E-state index in [1.54, 1.807) is 6.92 Å². The molecule has 1 aliphatic carbocycles. The van der Waals surface area contributed by atoms with Crippen LogP contribution in [0.4, 0.5) is 0 Å². The lowest BCUT2D eigenvalue weighted by Crippen LogP contribution is -2.43. The van der Waals surface area contributed by atoms with Crippen LogP contribution < -0.4 is 0 Å². The zero-order valence-corrected chi connectivity index (χ0v) is 17.1. The molecule has 5 atom stereocenters. The van der Waals surface area contributed by atoms with E-state index in [4.69, 9.17) is 4.74 Å². The Morgan fingerprint density at radius 3 is 2.27 bits per heavy atom. The molecule has 3 nitrogen and oxygen atoms in total. The van der Waals surface area contributed by atoms with E-state index in [0.717, 1.165) is 18.2 Å². The molecule has 0 amide bonds. The first-order chi connectivity index (χ1) is 9.89. The second-order valence-corrected chi connectivity index (χ2v) is 15.3. The van der Waals surface area contributed by atoms with Crippen LogP contribution in [0, 0.1) is 0 Å². The molecular weight excluding hydrogens is 313 g/mol. The van der Waals surface area contributed by atoms with Crippen LogP contribution in [0.5, 0.6) is 0 Å². The molecule has 0 aromatic carbocycles. The molecule has 2 N–H and O–H groups in total. The van der Waals surface area contributed by atoms with Crippen molar-refractivity contribution in [2.24, 2.45) is 0 Å². The normalized spacial score (nSPS) is 34.8. The van der Waals surface area contributed by atoms with Gasteiger partial charge in [0.2, 0.25) is 0 Å². The SMILES string of the molecule is BC1CC(OC(C)(C)[PH](=C)CP(=C)(CC)CC)C(O)C1(C)O. The van der Waals surface area contributed by atoms with Gasteiger partial charge in [0.05, 0.1) is 17.0 Å². The molecule has 0 aromatic rings. The van der Waals surface area contributed by atoms with Crippen LogP contribution >= 0.6 is 14.4 Å². The topological polar surface area (TPSA) is 49.7 Å². The Balaban J connectivity index is 2.80. The van der Waals surface area contributed by atoms with Gasteiger partial charge in [-0.3, -0.25) is 0 Å². The van der Waals surface area contributed by atoms with Crippen molar-refractivity contribution in [1.29, 1.82) is 0 Å². The lowest BCUT2D eigenvalue weighted by molar-refractivity contribution is -0.116. The van der Waals surface area contributed by atoms with Crippen LogP contribution in [-0.2, 0) is 4.74 Å². The Kier molecular flexibility index (Phi) is 6.74. The largest absolute Gasteiger partial charge is 0.388 e. The van der Waals surface area contributed by atoms with E-state index < -0.39 is 26.1 Å². The summed E-state index contributed by atoms with van der Waals surface area (Å²) < 4.78 is 6.28. The molecule has 5 unspecified atom stereocenters. The van der Waals surface area contributed by atoms with Gasteiger partial charge in [0.25, 0.3) is 0 Å². The van der Waals surface area contributed by atoms with E-state index in [9.17, 15) is 10.2 Å². The monoisotopic (exact) mass is 348 g/mol. The third-order valence-corrected chi connectivity index (χ3v) is 14.4. The number of rotatable bonds is 7. The first-order valence-electron chi connectivity index (χ1n) is 8.36. The van der Waals surface area contributed by atoms with Crippen LogP contribution in [0.2, 0.25) is 5.82 Å². The molecule has 0 spiro atoms. The molecule has 1 saturated carbocycles. The molecule has 1 aliphatic rings. The predicted octanol–water partition coefficient (Wildman–Crippen LogP) is 2.14. The summed E-state index contributed by atoms with van der Waals surface area (Å²) in [5.74, 6) is 1.14. The quantitative estimate of drug-likeness (QED) is 0.548. The van der Waals surface area contributed by atoms with Gasteiger partial charge in [-0.25, -0.2) is 0 Å². The Bertz CT molecular complexity index is 454. The van der Waals surface area contributed by atoms with Crippen molar-refractivity contribution >= 4 is 34.9 Å². The van der Waals surface area contributed by atoms with Gasteiger partial charge in [-0.05, 0) is 51.2 Å². The molecule has 1 fully saturated rings. The first kappa shape index (κ1) is 20.6. The summed E-state index contributed by atoms with van der Waals surface area (Å²) in [6.45, 7) is 9.20. The Labute approximate surface area is 138 Å². The van der Waals surface area contributed by atoms with Crippen LogP contribution in [-0.4, -0.2) is 72.0 Å². The van der Waals surface area contributed by atoms with Crippen molar-refractivity contribution in [2.75, 3.05) is 18.2 Å². The van der Waals surface area contributed by atoms with Crippen molar-refractivity contribution in [3.05, 3.63) is 0 Å². The molecule has 130 valence electrons. The number of ether oxygens (including phenoxy) is 1. The molecule has 0 bridgehead atoms. The standard InChI is InChI=1S/C16H35BO3P2/c1-8-22(7,9-2)11-21(6)15(3,4)20-12-10-13(17)16(5,19)14(12)18/h12-14,18-19,21H,6-11,17H2,1-5H3. The zero-order valence-electron chi connectivity index (χ0n) is 15.2. The second-order valence-electron chi connectivity index (χ2n) is 7.71. The highest BCUT2D eigenvalue weighted by atomic mass is 31.2. The van der Waals surface area contributed by atoms with Gasteiger partial charge in [-0.15, -0.1) is 19.5 Å². The lowest BCUT2D eigenvalue weighted by Gasteiger charge is -2.37. The van der Waals surface area contributed by atoms with E-state index in [1.165, 1.54) is 0 Å². The average molecular weight is 348 g/mol. The summed E-state index contributed by atoms with van der Waals surface area (Å²) in [5.41, 5.74) is -1.06. The molecule has 0 saturated heterocycles. The molecule has 6 heteroatoms. The molecule has 0 aliphatic heterocycles. The first-order valence-corrected chi connectivity index (χ1v) is 12.8. The van der Waals surface area contributed by atoms with E-state index in [-0.39, 0.29) is 17.3 Å². The summed E-state index contributed by atoms with van der Waals surface area (Å²) in [4.78, 5) is 0. The summed E-state index contributed by atoms with van der Waals surface area (Å²) >= 11 is 0. The Morgan fingerprint density at radius 1 is 1.41 bits per heavy atom.